The molecule has 108 valence electrons. The summed E-state index contributed by atoms with van der Waals surface area (Å²) in [4.78, 5) is 0. The predicted octanol–water partition coefficient (Wildman–Crippen LogP) is 2.12. The maximum atomic E-state index is 11.3. The van der Waals surface area contributed by atoms with Gasteiger partial charge in [0.25, 0.3) is 0 Å². The molecule has 19 heavy (non-hydrogen) atoms. The third-order valence-corrected chi connectivity index (χ3v) is 4.49. The second kappa shape index (κ2) is 7.50. The van der Waals surface area contributed by atoms with E-state index < -0.39 is 10.8 Å². The lowest BCUT2D eigenvalue weighted by Crippen LogP contribution is -2.29. The maximum absolute atomic E-state index is 11.3. The third kappa shape index (κ3) is 4.51. The minimum Gasteiger partial charge on any atom is -0.497 e. The zero-order chi connectivity index (χ0) is 14.4. The number of nitrogens with one attached hydrogen (secondary N) is 1. The predicted molar refractivity (Wildman–Crippen MR) is 79.5 cm³/mol. The zero-order valence-electron chi connectivity index (χ0n) is 12.2. The van der Waals surface area contributed by atoms with Gasteiger partial charge in [0.05, 0.1) is 14.2 Å². The van der Waals surface area contributed by atoms with E-state index in [0.29, 0.717) is 6.54 Å². The molecule has 0 amide bonds. The normalized spacial score (nSPS) is 15.6. The van der Waals surface area contributed by atoms with Crippen molar-refractivity contribution >= 4 is 10.8 Å². The van der Waals surface area contributed by atoms with Crippen molar-refractivity contribution in [2.24, 2.45) is 0 Å². The molecule has 0 aliphatic rings. The number of rotatable bonds is 7. The fourth-order valence-electron chi connectivity index (χ4n) is 1.75. The van der Waals surface area contributed by atoms with E-state index in [1.54, 1.807) is 20.5 Å². The Labute approximate surface area is 118 Å². The molecule has 0 radical (unpaired) electrons. The monoisotopic (exact) mass is 285 g/mol. The molecular weight excluding hydrogens is 262 g/mol. The Balaban J connectivity index is 2.76. The third-order valence-electron chi connectivity index (χ3n) is 3.19. The van der Waals surface area contributed by atoms with Gasteiger partial charge < -0.3 is 14.8 Å². The molecule has 0 heterocycles. The van der Waals surface area contributed by atoms with Crippen molar-refractivity contribution in [2.75, 3.05) is 27.0 Å². The van der Waals surface area contributed by atoms with E-state index in [9.17, 15) is 4.21 Å². The molecule has 1 aromatic rings. The van der Waals surface area contributed by atoms with Gasteiger partial charge in [0.1, 0.15) is 11.5 Å². The van der Waals surface area contributed by atoms with Gasteiger partial charge in [-0.3, -0.25) is 4.21 Å². The van der Waals surface area contributed by atoms with Gasteiger partial charge in [-0.05, 0) is 19.9 Å². The number of hydrogen-bond acceptors (Lipinski definition) is 4. The van der Waals surface area contributed by atoms with E-state index in [2.05, 4.69) is 12.2 Å². The molecule has 0 aliphatic heterocycles. The van der Waals surface area contributed by atoms with Crippen LogP contribution in [-0.2, 0) is 10.8 Å². The topological polar surface area (TPSA) is 47.6 Å². The summed E-state index contributed by atoms with van der Waals surface area (Å²) in [5.41, 5.74) is 1.07. The van der Waals surface area contributed by atoms with Gasteiger partial charge in [0.2, 0.25) is 0 Å². The van der Waals surface area contributed by atoms with Gasteiger partial charge in [-0.1, -0.05) is 6.07 Å². The highest BCUT2D eigenvalue weighted by molar-refractivity contribution is 7.84. The largest absolute Gasteiger partial charge is 0.497 e. The van der Waals surface area contributed by atoms with Crippen LogP contribution in [0.1, 0.15) is 25.5 Å². The maximum Gasteiger partial charge on any atom is 0.127 e. The molecule has 1 aromatic carbocycles. The van der Waals surface area contributed by atoms with Crippen molar-refractivity contribution in [1.82, 2.24) is 5.32 Å². The second-order valence-corrected chi connectivity index (χ2v) is 6.35. The van der Waals surface area contributed by atoms with E-state index in [1.165, 1.54) is 0 Å². The highest BCUT2D eigenvalue weighted by Crippen LogP contribution is 2.29. The van der Waals surface area contributed by atoms with Crippen molar-refractivity contribution in [3.8, 4) is 11.5 Å². The highest BCUT2D eigenvalue weighted by atomic mass is 32.2. The van der Waals surface area contributed by atoms with Crippen molar-refractivity contribution in [3.63, 3.8) is 0 Å². The summed E-state index contributed by atoms with van der Waals surface area (Å²) >= 11 is 0. The first-order valence-electron chi connectivity index (χ1n) is 6.27. The van der Waals surface area contributed by atoms with Gasteiger partial charge >= 0.3 is 0 Å². The van der Waals surface area contributed by atoms with Crippen LogP contribution in [0.3, 0.4) is 0 Å². The van der Waals surface area contributed by atoms with Gasteiger partial charge in [-0.25, -0.2) is 0 Å². The van der Waals surface area contributed by atoms with Crippen LogP contribution in [0, 0.1) is 0 Å². The molecular formula is C14H23NO3S. The average Bonchev–Trinajstić information content (AvgIpc) is 2.43. The number of benzene rings is 1. The summed E-state index contributed by atoms with van der Waals surface area (Å²) < 4.78 is 21.9. The molecule has 1 N–H and O–H groups in total. The Bertz CT molecular complexity index is 437. The summed E-state index contributed by atoms with van der Waals surface area (Å²) in [5, 5.41) is 3.51. The van der Waals surface area contributed by atoms with Crippen LogP contribution < -0.4 is 14.8 Å². The lowest BCUT2D eigenvalue weighted by atomic mass is 10.1. The molecule has 0 bridgehead atoms. The molecule has 3 unspecified atom stereocenters. The van der Waals surface area contributed by atoms with Crippen LogP contribution >= 0.6 is 0 Å². The van der Waals surface area contributed by atoms with Crippen LogP contribution in [0.5, 0.6) is 11.5 Å². The number of hydrogen-bond donors (Lipinski definition) is 1. The van der Waals surface area contributed by atoms with E-state index in [-0.39, 0.29) is 11.3 Å². The van der Waals surface area contributed by atoms with Gasteiger partial charge in [0, 0.05) is 46.5 Å². The quantitative estimate of drug-likeness (QED) is 0.833. The Kier molecular flexibility index (Phi) is 6.31. The minimum absolute atomic E-state index is 0.131. The first kappa shape index (κ1) is 16.0. The summed E-state index contributed by atoms with van der Waals surface area (Å²) in [6.07, 6.45) is 1.73. The second-order valence-electron chi connectivity index (χ2n) is 4.55. The SMILES string of the molecule is COc1ccc(C(C)NCC(C)S(C)=O)c(OC)c1. The van der Waals surface area contributed by atoms with Crippen LogP contribution in [0.2, 0.25) is 0 Å². The molecule has 1 rings (SSSR count). The highest BCUT2D eigenvalue weighted by Gasteiger charge is 2.14. The number of methoxy groups -OCH3 is 2. The van der Waals surface area contributed by atoms with Crippen LogP contribution in [0.15, 0.2) is 18.2 Å². The molecule has 0 spiro atoms. The lowest BCUT2D eigenvalue weighted by Gasteiger charge is -2.19. The average molecular weight is 285 g/mol. The van der Waals surface area contributed by atoms with E-state index in [4.69, 9.17) is 9.47 Å². The van der Waals surface area contributed by atoms with Crippen LogP contribution in [0.4, 0.5) is 0 Å². The van der Waals surface area contributed by atoms with Crippen LogP contribution in [0.25, 0.3) is 0 Å². The summed E-state index contributed by atoms with van der Waals surface area (Å²) in [6, 6.07) is 5.90. The zero-order valence-corrected chi connectivity index (χ0v) is 13.0. The first-order chi connectivity index (χ1) is 8.99. The number of ether oxygens (including phenoxy) is 2. The summed E-state index contributed by atoms with van der Waals surface area (Å²) in [5.74, 6) is 1.57. The van der Waals surface area contributed by atoms with E-state index in [1.807, 2.05) is 25.1 Å². The molecule has 0 saturated heterocycles. The standard InChI is InChI=1S/C14H23NO3S/c1-10(19(5)16)9-15-11(2)13-7-6-12(17-3)8-14(13)18-4/h6-8,10-11,15H,9H2,1-5H3. The van der Waals surface area contributed by atoms with Crippen LogP contribution in [-0.4, -0.2) is 36.5 Å². The Morgan fingerprint density at radius 1 is 1.26 bits per heavy atom. The first-order valence-corrected chi connectivity index (χ1v) is 7.89. The fourth-order valence-corrected chi connectivity index (χ4v) is 2.08. The Morgan fingerprint density at radius 2 is 1.95 bits per heavy atom. The smallest absolute Gasteiger partial charge is 0.127 e. The minimum atomic E-state index is -0.809. The molecule has 0 saturated carbocycles. The molecule has 3 atom stereocenters. The molecule has 0 aromatic heterocycles. The Hall–Kier alpha value is -1.07. The molecule has 5 heteroatoms. The van der Waals surface area contributed by atoms with Crippen molar-refractivity contribution in [3.05, 3.63) is 23.8 Å². The van der Waals surface area contributed by atoms with Crippen molar-refractivity contribution in [1.29, 1.82) is 0 Å². The fraction of sp³-hybridized carbons (Fsp3) is 0.571. The molecule has 4 nitrogen and oxygen atoms in total. The van der Waals surface area contributed by atoms with E-state index in [0.717, 1.165) is 17.1 Å². The van der Waals surface area contributed by atoms with Gasteiger partial charge in [-0.2, -0.15) is 0 Å². The summed E-state index contributed by atoms with van der Waals surface area (Å²) in [6.45, 7) is 4.75. The lowest BCUT2D eigenvalue weighted by molar-refractivity contribution is 0.386. The van der Waals surface area contributed by atoms with Crippen molar-refractivity contribution < 1.29 is 13.7 Å². The van der Waals surface area contributed by atoms with E-state index >= 15 is 0 Å². The summed E-state index contributed by atoms with van der Waals surface area (Å²) in [7, 11) is 2.47. The van der Waals surface area contributed by atoms with Gasteiger partial charge in [-0.15, -0.1) is 0 Å². The van der Waals surface area contributed by atoms with Gasteiger partial charge in [0.15, 0.2) is 0 Å². The molecule has 0 aliphatic carbocycles. The van der Waals surface area contributed by atoms with Crippen molar-refractivity contribution in [2.45, 2.75) is 25.1 Å². The molecule has 0 fully saturated rings. The Morgan fingerprint density at radius 3 is 2.47 bits per heavy atom.